The highest BCUT2D eigenvalue weighted by molar-refractivity contribution is 5.66. The van der Waals surface area contributed by atoms with Crippen LogP contribution in [-0.2, 0) is 28.6 Å². The maximum absolute atomic E-state index is 11.3. The van der Waals surface area contributed by atoms with E-state index >= 15 is 0 Å². The van der Waals surface area contributed by atoms with Gasteiger partial charge in [0.1, 0.15) is 18.3 Å². The molecule has 0 saturated carbocycles. The quantitative estimate of drug-likeness (QED) is 0.162. The average Bonchev–Trinajstić information content (AvgIpc) is 2.53. The molecule has 0 rings (SSSR count). The second-order valence-electron chi connectivity index (χ2n) is 6.54. The van der Waals surface area contributed by atoms with Crippen molar-refractivity contribution in [2.24, 2.45) is 5.92 Å². The Labute approximate surface area is 156 Å². The summed E-state index contributed by atoms with van der Waals surface area (Å²) in [5.74, 6) is -0.725. The predicted octanol–water partition coefficient (Wildman–Crippen LogP) is 3.73. The van der Waals surface area contributed by atoms with Crippen molar-refractivity contribution in [3.63, 3.8) is 0 Å². The Bertz CT molecular complexity index is 491. The fourth-order valence-corrected chi connectivity index (χ4v) is 2.39. The third-order valence-corrected chi connectivity index (χ3v) is 3.73. The highest BCUT2D eigenvalue weighted by Crippen LogP contribution is 2.16. The zero-order valence-electron chi connectivity index (χ0n) is 16.5. The first-order chi connectivity index (χ1) is 12.3. The fraction of sp³-hybridized carbons (Fsp3) is 0.700. The lowest BCUT2D eigenvalue weighted by Gasteiger charge is -2.23. The van der Waals surface area contributed by atoms with Crippen LogP contribution in [0.1, 0.15) is 66.7 Å². The number of rotatable bonds is 13. The van der Waals surface area contributed by atoms with Gasteiger partial charge in [-0.2, -0.15) is 0 Å². The summed E-state index contributed by atoms with van der Waals surface area (Å²) in [6, 6.07) is 0. The normalized spacial score (nSPS) is 13.8. The van der Waals surface area contributed by atoms with Crippen LogP contribution in [0.3, 0.4) is 0 Å². The SMILES string of the molecule is CCCCC[C@H](C=C=C[C@H](C[C@@H](OC(C)=O)C(C)C)OC(C)=O)OC=O. The van der Waals surface area contributed by atoms with Crippen LogP contribution in [0.2, 0.25) is 0 Å². The molecule has 0 aliphatic rings. The van der Waals surface area contributed by atoms with Gasteiger partial charge in [0, 0.05) is 20.3 Å². The number of hydrogen-bond acceptors (Lipinski definition) is 6. The molecule has 6 heteroatoms. The largest absolute Gasteiger partial charge is 0.462 e. The third-order valence-electron chi connectivity index (χ3n) is 3.73. The molecule has 26 heavy (non-hydrogen) atoms. The van der Waals surface area contributed by atoms with Crippen LogP contribution in [0.15, 0.2) is 17.9 Å². The van der Waals surface area contributed by atoms with E-state index in [1.807, 2.05) is 13.8 Å². The highest BCUT2D eigenvalue weighted by Gasteiger charge is 2.22. The van der Waals surface area contributed by atoms with E-state index in [0.717, 1.165) is 19.3 Å². The summed E-state index contributed by atoms with van der Waals surface area (Å²) in [7, 11) is 0. The molecular weight excluding hydrogens is 336 g/mol. The first-order valence-corrected chi connectivity index (χ1v) is 9.16. The molecule has 0 aromatic carbocycles. The van der Waals surface area contributed by atoms with Crippen LogP contribution in [0.25, 0.3) is 0 Å². The minimum atomic E-state index is -0.581. The molecule has 0 saturated heterocycles. The Balaban J connectivity index is 5.07. The molecule has 0 aliphatic heterocycles. The van der Waals surface area contributed by atoms with E-state index < -0.39 is 12.1 Å². The van der Waals surface area contributed by atoms with Crippen molar-refractivity contribution >= 4 is 18.4 Å². The lowest BCUT2D eigenvalue weighted by molar-refractivity contribution is -0.153. The molecule has 0 bridgehead atoms. The predicted molar refractivity (Wildman–Crippen MR) is 98.3 cm³/mol. The lowest BCUT2D eigenvalue weighted by atomic mass is 10.0. The van der Waals surface area contributed by atoms with Gasteiger partial charge in [-0.05, 0) is 30.9 Å². The minimum Gasteiger partial charge on any atom is -0.462 e. The van der Waals surface area contributed by atoms with Gasteiger partial charge in [-0.15, -0.1) is 5.73 Å². The lowest BCUT2D eigenvalue weighted by Crippen LogP contribution is -2.29. The number of ether oxygens (including phenoxy) is 3. The summed E-state index contributed by atoms with van der Waals surface area (Å²) in [5, 5.41) is 0. The van der Waals surface area contributed by atoms with E-state index in [1.165, 1.54) is 13.8 Å². The number of esters is 2. The number of hydrogen-bond donors (Lipinski definition) is 0. The second kappa shape index (κ2) is 14.1. The van der Waals surface area contributed by atoms with Crippen molar-refractivity contribution in [3.05, 3.63) is 17.9 Å². The molecule has 6 nitrogen and oxygen atoms in total. The fourth-order valence-electron chi connectivity index (χ4n) is 2.39. The van der Waals surface area contributed by atoms with Crippen LogP contribution in [-0.4, -0.2) is 36.7 Å². The van der Waals surface area contributed by atoms with Crippen LogP contribution in [0, 0.1) is 5.92 Å². The van der Waals surface area contributed by atoms with Gasteiger partial charge in [-0.1, -0.05) is 33.6 Å². The van der Waals surface area contributed by atoms with Gasteiger partial charge in [-0.3, -0.25) is 14.4 Å². The zero-order chi connectivity index (χ0) is 19.9. The van der Waals surface area contributed by atoms with Gasteiger partial charge in [-0.25, -0.2) is 0 Å². The van der Waals surface area contributed by atoms with Gasteiger partial charge < -0.3 is 14.2 Å². The maximum atomic E-state index is 11.3. The third kappa shape index (κ3) is 12.3. The molecule has 0 amide bonds. The first-order valence-electron chi connectivity index (χ1n) is 9.16. The topological polar surface area (TPSA) is 78.9 Å². The van der Waals surface area contributed by atoms with E-state index in [0.29, 0.717) is 19.3 Å². The summed E-state index contributed by atoms with van der Waals surface area (Å²) < 4.78 is 15.6. The van der Waals surface area contributed by atoms with Gasteiger partial charge >= 0.3 is 11.9 Å². The number of carbonyl (C=O) groups is 3. The van der Waals surface area contributed by atoms with Crippen LogP contribution < -0.4 is 0 Å². The molecule has 3 atom stereocenters. The van der Waals surface area contributed by atoms with Crippen molar-refractivity contribution in [3.8, 4) is 0 Å². The molecule has 0 radical (unpaired) electrons. The molecule has 0 fully saturated rings. The standard InChI is InChI=1S/C20H32O6/c1-6-7-8-10-18(24-14-21)11-9-12-19(25-16(4)22)13-20(15(2)3)26-17(5)23/h11-12,14-15,18-20H,6-8,10,13H2,1-5H3/t9?,18-,19-,20-/m1/s1. The van der Waals surface area contributed by atoms with Crippen molar-refractivity contribution in [2.75, 3.05) is 0 Å². The number of unbranched alkanes of at least 4 members (excludes halogenated alkanes) is 2. The summed E-state index contributed by atoms with van der Waals surface area (Å²) in [5.41, 5.74) is 2.95. The zero-order valence-corrected chi connectivity index (χ0v) is 16.5. The number of carbonyl (C=O) groups excluding carboxylic acids is 3. The van der Waals surface area contributed by atoms with E-state index in [9.17, 15) is 14.4 Å². The minimum absolute atomic E-state index is 0.0783. The Morgan fingerprint density at radius 1 is 1.00 bits per heavy atom. The van der Waals surface area contributed by atoms with Crippen LogP contribution in [0.4, 0.5) is 0 Å². The Morgan fingerprint density at radius 3 is 2.12 bits per heavy atom. The van der Waals surface area contributed by atoms with Gasteiger partial charge in [0.05, 0.1) is 0 Å². The second-order valence-corrected chi connectivity index (χ2v) is 6.54. The van der Waals surface area contributed by atoms with E-state index in [-0.39, 0.29) is 24.1 Å². The molecule has 0 aliphatic carbocycles. The van der Waals surface area contributed by atoms with Gasteiger partial charge in [0.2, 0.25) is 0 Å². The molecule has 0 aromatic heterocycles. The average molecular weight is 368 g/mol. The molecule has 0 heterocycles. The van der Waals surface area contributed by atoms with Crippen molar-refractivity contribution in [2.45, 2.75) is 85.0 Å². The molecular formula is C20H32O6. The molecule has 0 N–H and O–H groups in total. The summed E-state index contributed by atoms with van der Waals surface area (Å²) in [6.45, 7) is 9.06. The van der Waals surface area contributed by atoms with E-state index in [1.54, 1.807) is 12.2 Å². The summed E-state index contributed by atoms with van der Waals surface area (Å²) in [4.78, 5) is 33.2. The Hall–Kier alpha value is -2.07. The van der Waals surface area contributed by atoms with Crippen molar-refractivity contribution < 1.29 is 28.6 Å². The van der Waals surface area contributed by atoms with Crippen molar-refractivity contribution in [1.29, 1.82) is 0 Å². The van der Waals surface area contributed by atoms with Crippen LogP contribution in [0.5, 0.6) is 0 Å². The first kappa shape index (κ1) is 23.9. The molecule has 0 aromatic rings. The maximum Gasteiger partial charge on any atom is 0.303 e. The molecule has 0 spiro atoms. The van der Waals surface area contributed by atoms with E-state index in [2.05, 4.69) is 12.7 Å². The summed E-state index contributed by atoms with van der Waals surface area (Å²) >= 11 is 0. The Kier molecular flexibility index (Phi) is 13.0. The van der Waals surface area contributed by atoms with E-state index in [4.69, 9.17) is 14.2 Å². The Morgan fingerprint density at radius 2 is 1.62 bits per heavy atom. The van der Waals surface area contributed by atoms with Crippen molar-refractivity contribution in [1.82, 2.24) is 0 Å². The molecule has 148 valence electrons. The smallest absolute Gasteiger partial charge is 0.303 e. The summed E-state index contributed by atoms with van der Waals surface area (Å²) in [6.07, 6.45) is 6.08. The van der Waals surface area contributed by atoms with Gasteiger partial charge in [0.25, 0.3) is 6.47 Å². The highest BCUT2D eigenvalue weighted by atomic mass is 16.6. The monoisotopic (exact) mass is 368 g/mol. The van der Waals surface area contributed by atoms with Gasteiger partial charge in [0.15, 0.2) is 0 Å². The van der Waals surface area contributed by atoms with Crippen LogP contribution >= 0.6 is 0 Å². The molecule has 0 unspecified atom stereocenters.